The first-order valence-electron chi connectivity index (χ1n) is 8.56. The van der Waals surface area contributed by atoms with Crippen LogP contribution < -0.4 is 0 Å². The Morgan fingerprint density at radius 2 is 1.74 bits per heavy atom. The first kappa shape index (κ1) is 15.3. The van der Waals surface area contributed by atoms with Crippen LogP contribution in [-0.2, 0) is 0 Å². The molecule has 2 fully saturated rings. The fourth-order valence-electron chi connectivity index (χ4n) is 3.95. The summed E-state index contributed by atoms with van der Waals surface area (Å²) in [6.45, 7) is 16.1. The standard InChI is InChI=1S/C17H34N2/c1-5-18-9-6-16(7-10-18)13-19-11-8-17(14(2)3)12-15(19)4/h14-17H,5-13H2,1-4H3. The highest BCUT2D eigenvalue weighted by molar-refractivity contribution is 4.83. The molecule has 2 rings (SSSR count). The molecule has 112 valence electrons. The van der Waals surface area contributed by atoms with E-state index in [2.05, 4.69) is 37.5 Å². The van der Waals surface area contributed by atoms with Crippen molar-refractivity contribution < 1.29 is 0 Å². The van der Waals surface area contributed by atoms with Crippen LogP contribution in [-0.4, -0.2) is 48.6 Å². The molecular formula is C17H34N2. The molecule has 2 aliphatic heterocycles. The van der Waals surface area contributed by atoms with Gasteiger partial charge < -0.3 is 9.80 Å². The fourth-order valence-corrected chi connectivity index (χ4v) is 3.95. The molecule has 0 amide bonds. The van der Waals surface area contributed by atoms with Crippen LogP contribution >= 0.6 is 0 Å². The van der Waals surface area contributed by atoms with E-state index in [1.165, 1.54) is 58.4 Å². The second-order valence-electron chi connectivity index (χ2n) is 7.25. The zero-order chi connectivity index (χ0) is 13.8. The molecule has 2 saturated heterocycles. The van der Waals surface area contributed by atoms with Gasteiger partial charge in [-0.25, -0.2) is 0 Å². The van der Waals surface area contributed by atoms with E-state index in [-0.39, 0.29) is 0 Å². The van der Waals surface area contributed by atoms with Gasteiger partial charge in [0.1, 0.15) is 0 Å². The maximum Gasteiger partial charge on any atom is 0.00697 e. The third-order valence-electron chi connectivity index (χ3n) is 5.64. The number of piperidine rings is 2. The topological polar surface area (TPSA) is 6.48 Å². The van der Waals surface area contributed by atoms with Gasteiger partial charge in [-0.3, -0.25) is 0 Å². The third-order valence-corrected chi connectivity index (χ3v) is 5.64. The molecule has 2 heteroatoms. The van der Waals surface area contributed by atoms with Crippen LogP contribution in [0.25, 0.3) is 0 Å². The molecule has 0 saturated carbocycles. The predicted octanol–water partition coefficient (Wildman–Crippen LogP) is 3.47. The van der Waals surface area contributed by atoms with Crippen molar-refractivity contribution in [2.45, 2.75) is 59.4 Å². The lowest BCUT2D eigenvalue weighted by Gasteiger charge is -2.42. The Labute approximate surface area is 120 Å². The highest BCUT2D eigenvalue weighted by Crippen LogP contribution is 2.30. The van der Waals surface area contributed by atoms with E-state index in [1.807, 2.05) is 0 Å². The summed E-state index contributed by atoms with van der Waals surface area (Å²) in [4.78, 5) is 5.38. The van der Waals surface area contributed by atoms with Crippen LogP contribution in [0.15, 0.2) is 0 Å². The maximum atomic E-state index is 2.78. The normalized spacial score (nSPS) is 32.1. The second-order valence-corrected chi connectivity index (χ2v) is 7.25. The zero-order valence-electron chi connectivity index (χ0n) is 13.6. The zero-order valence-corrected chi connectivity index (χ0v) is 13.6. The van der Waals surface area contributed by atoms with Gasteiger partial charge in [-0.2, -0.15) is 0 Å². The van der Waals surface area contributed by atoms with Gasteiger partial charge in [0.25, 0.3) is 0 Å². The van der Waals surface area contributed by atoms with E-state index in [4.69, 9.17) is 0 Å². The van der Waals surface area contributed by atoms with Crippen LogP contribution in [0.4, 0.5) is 0 Å². The van der Waals surface area contributed by atoms with Crippen LogP contribution in [0.2, 0.25) is 0 Å². The summed E-state index contributed by atoms with van der Waals surface area (Å²) in [6.07, 6.45) is 5.69. The highest BCUT2D eigenvalue weighted by atomic mass is 15.2. The Morgan fingerprint density at radius 1 is 1.05 bits per heavy atom. The molecule has 2 unspecified atom stereocenters. The molecule has 2 nitrogen and oxygen atoms in total. The molecule has 0 bridgehead atoms. The molecule has 2 heterocycles. The summed E-state index contributed by atoms with van der Waals surface area (Å²) >= 11 is 0. The molecule has 0 aliphatic carbocycles. The highest BCUT2D eigenvalue weighted by Gasteiger charge is 2.29. The van der Waals surface area contributed by atoms with Crippen molar-refractivity contribution in [2.24, 2.45) is 17.8 Å². The average molecular weight is 266 g/mol. The van der Waals surface area contributed by atoms with Gasteiger partial charge in [0.15, 0.2) is 0 Å². The molecule has 0 spiro atoms. The summed E-state index contributed by atoms with van der Waals surface area (Å²) in [5.74, 6) is 2.80. The van der Waals surface area contributed by atoms with Crippen LogP contribution in [0, 0.1) is 17.8 Å². The molecule has 0 aromatic rings. The fraction of sp³-hybridized carbons (Fsp3) is 1.00. The van der Waals surface area contributed by atoms with E-state index >= 15 is 0 Å². The van der Waals surface area contributed by atoms with Gasteiger partial charge in [0, 0.05) is 12.6 Å². The number of hydrogen-bond acceptors (Lipinski definition) is 2. The summed E-state index contributed by atoms with van der Waals surface area (Å²) in [7, 11) is 0. The largest absolute Gasteiger partial charge is 0.304 e. The minimum absolute atomic E-state index is 0.811. The van der Waals surface area contributed by atoms with Crippen molar-refractivity contribution in [3.05, 3.63) is 0 Å². The number of rotatable bonds is 4. The van der Waals surface area contributed by atoms with Gasteiger partial charge in [-0.15, -0.1) is 0 Å². The van der Waals surface area contributed by atoms with Crippen molar-refractivity contribution in [1.29, 1.82) is 0 Å². The number of hydrogen-bond donors (Lipinski definition) is 0. The lowest BCUT2D eigenvalue weighted by molar-refractivity contribution is 0.0703. The molecule has 2 atom stereocenters. The van der Waals surface area contributed by atoms with E-state index in [1.54, 1.807) is 0 Å². The van der Waals surface area contributed by atoms with Gasteiger partial charge in [-0.1, -0.05) is 20.8 Å². The molecule has 2 aliphatic rings. The van der Waals surface area contributed by atoms with Gasteiger partial charge >= 0.3 is 0 Å². The minimum atomic E-state index is 0.811. The molecule has 0 radical (unpaired) electrons. The number of nitrogens with zero attached hydrogens (tertiary/aromatic N) is 2. The van der Waals surface area contributed by atoms with Gasteiger partial charge in [0.05, 0.1) is 0 Å². The first-order chi connectivity index (χ1) is 9.10. The first-order valence-corrected chi connectivity index (χ1v) is 8.56. The lowest BCUT2D eigenvalue weighted by Crippen LogP contribution is -2.46. The Hall–Kier alpha value is -0.0800. The SMILES string of the molecule is CCN1CCC(CN2CCC(C(C)C)CC2C)CC1. The van der Waals surface area contributed by atoms with Crippen LogP contribution in [0.1, 0.15) is 53.4 Å². The molecule has 0 N–H and O–H groups in total. The third kappa shape index (κ3) is 4.19. The quantitative estimate of drug-likeness (QED) is 0.769. The van der Waals surface area contributed by atoms with Gasteiger partial charge in [0.2, 0.25) is 0 Å². The van der Waals surface area contributed by atoms with Crippen LogP contribution in [0.3, 0.4) is 0 Å². The van der Waals surface area contributed by atoms with Crippen molar-refractivity contribution >= 4 is 0 Å². The Kier molecular flexibility index (Phi) is 5.70. The smallest absolute Gasteiger partial charge is 0.00697 e. The number of likely N-dealkylation sites (tertiary alicyclic amines) is 2. The summed E-state index contributed by atoms with van der Waals surface area (Å²) in [6, 6.07) is 0.811. The van der Waals surface area contributed by atoms with E-state index in [9.17, 15) is 0 Å². The van der Waals surface area contributed by atoms with E-state index in [0.29, 0.717) is 0 Å². The summed E-state index contributed by atoms with van der Waals surface area (Å²) < 4.78 is 0. The molecule has 0 aromatic heterocycles. The van der Waals surface area contributed by atoms with Crippen molar-refractivity contribution in [3.63, 3.8) is 0 Å². The van der Waals surface area contributed by atoms with Crippen LogP contribution in [0.5, 0.6) is 0 Å². The Morgan fingerprint density at radius 3 is 2.26 bits per heavy atom. The lowest BCUT2D eigenvalue weighted by atomic mass is 9.82. The minimum Gasteiger partial charge on any atom is -0.304 e. The molecule has 19 heavy (non-hydrogen) atoms. The van der Waals surface area contributed by atoms with Crippen molar-refractivity contribution in [2.75, 3.05) is 32.7 Å². The summed E-state index contributed by atoms with van der Waals surface area (Å²) in [5.41, 5.74) is 0. The Balaban J connectivity index is 1.75. The van der Waals surface area contributed by atoms with Gasteiger partial charge in [-0.05, 0) is 76.5 Å². The maximum absolute atomic E-state index is 2.78. The monoisotopic (exact) mass is 266 g/mol. The molecular weight excluding hydrogens is 232 g/mol. The summed E-state index contributed by atoms with van der Waals surface area (Å²) in [5, 5.41) is 0. The van der Waals surface area contributed by atoms with E-state index in [0.717, 1.165) is 23.8 Å². The predicted molar refractivity (Wildman–Crippen MR) is 83.4 cm³/mol. The second kappa shape index (κ2) is 7.08. The Bertz CT molecular complexity index is 256. The molecule has 0 aromatic carbocycles. The van der Waals surface area contributed by atoms with E-state index < -0.39 is 0 Å². The van der Waals surface area contributed by atoms with Crippen molar-refractivity contribution in [1.82, 2.24) is 9.80 Å². The van der Waals surface area contributed by atoms with Crippen molar-refractivity contribution in [3.8, 4) is 0 Å². The average Bonchev–Trinajstić information content (AvgIpc) is 2.41.